The molecule has 8 N–H and O–H groups in total. The van der Waals surface area contributed by atoms with Crippen LogP contribution in [0, 0.1) is 11.8 Å². The summed E-state index contributed by atoms with van der Waals surface area (Å²) in [5, 5.41) is 27.1. The van der Waals surface area contributed by atoms with Crippen LogP contribution in [-0.4, -0.2) is 130 Å². The summed E-state index contributed by atoms with van der Waals surface area (Å²) in [6.45, 7) is 29.6. The minimum atomic E-state index is -5.13. The van der Waals surface area contributed by atoms with Crippen LogP contribution >= 0.6 is 0 Å². The Morgan fingerprint density at radius 2 is 0.881 bits per heavy atom. The predicted octanol–water partition coefficient (Wildman–Crippen LogP) is 11.0. The predicted molar refractivity (Wildman–Crippen MR) is 334 cm³/mol. The van der Waals surface area contributed by atoms with Gasteiger partial charge in [-0.05, 0) is 154 Å². The fourth-order valence-corrected chi connectivity index (χ4v) is 13.2. The zero-order valence-electron chi connectivity index (χ0n) is 51.8. The number of nitrogens with one attached hydrogen (secondary N) is 8. The number of hydrogen-bond acceptors (Lipinski definition) is 22. The largest absolute Gasteiger partial charge is 0.744 e. The summed E-state index contributed by atoms with van der Waals surface area (Å²) in [7, 11) is -10.3. The van der Waals surface area contributed by atoms with Crippen LogP contribution < -0.4 is 42.5 Å². The maximum absolute atomic E-state index is 12.9. The first-order valence-corrected chi connectivity index (χ1v) is 33.1. The third-order valence-electron chi connectivity index (χ3n) is 15.1. The number of aromatic nitrogens is 6. The topological polar surface area (TPSA) is 306 Å². The average molecular weight is 1210 g/mol. The van der Waals surface area contributed by atoms with E-state index < -0.39 is 30.0 Å². The average Bonchev–Trinajstić information content (AvgIpc) is 2.33. The van der Waals surface area contributed by atoms with Crippen LogP contribution in [0.2, 0.25) is 0 Å². The van der Waals surface area contributed by atoms with Crippen molar-refractivity contribution in [3.8, 4) is 0 Å². The molecule has 0 saturated carbocycles. The maximum Gasteiger partial charge on any atom is 0.233 e. The maximum atomic E-state index is 12.9. The van der Waals surface area contributed by atoms with Crippen molar-refractivity contribution in [1.29, 1.82) is 0 Å². The third kappa shape index (κ3) is 22.5. The molecule has 2 unspecified atom stereocenters. The molecule has 84 heavy (non-hydrogen) atoms. The number of piperidine rings is 2. The van der Waals surface area contributed by atoms with Gasteiger partial charge in [0.1, 0.15) is 20.2 Å². The number of ether oxygens (including phenoxy) is 2. The first kappa shape index (κ1) is 67.8. The molecule has 2 aromatic heterocycles. The highest BCUT2D eigenvalue weighted by atomic mass is 32.2. The Kier molecular flexibility index (Phi) is 24.5. The molecule has 0 spiro atoms. The van der Waals surface area contributed by atoms with Crippen LogP contribution in [0.5, 0.6) is 0 Å². The smallest absolute Gasteiger partial charge is 0.233 e. The van der Waals surface area contributed by atoms with Gasteiger partial charge in [0.2, 0.25) is 35.7 Å². The van der Waals surface area contributed by atoms with E-state index in [1.165, 1.54) is 49.3 Å². The highest BCUT2D eigenvalue weighted by Gasteiger charge is 2.39. The van der Waals surface area contributed by atoms with Gasteiger partial charge in [-0.15, -0.1) is 0 Å². The van der Waals surface area contributed by atoms with Crippen molar-refractivity contribution in [3.05, 3.63) is 47.5 Å². The van der Waals surface area contributed by atoms with Crippen molar-refractivity contribution in [1.82, 2.24) is 40.5 Å². The number of benzene rings is 2. The molecule has 2 saturated heterocycles. The van der Waals surface area contributed by atoms with Gasteiger partial charge in [-0.1, -0.05) is 90.5 Å². The summed E-state index contributed by atoms with van der Waals surface area (Å²) in [5.41, 5.74) is -0.440. The molecule has 6 rings (SSSR count). The first-order valence-electron chi connectivity index (χ1n) is 30.2. The lowest BCUT2D eigenvalue weighted by molar-refractivity contribution is 0.0937. The molecule has 2 fully saturated rings. The second-order valence-electron chi connectivity index (χ2n) is 25.4. The van der Waals surface area contributed by atoms with Crippen LogP contribution in [0.4, 0.5) is 47.1 Å². The molecule has 0 bridgehead atoms. The van der Waals surface area contributed by atoms with Gasteiger partial charge in [0.05, 0.1) is 9.79 Å². The van der Waals surface area contributed by atoms with E-state index in [9.17, 15) is 25.9 Å². The molecule has 22 nitrogen and oxygen atoms in total. The fourth-order valence-electron chi connectivity index (χ4n) is 11.8. The molecular formula is C60H96N14O8S2-2. The van der Waals surface area contributed by atoms with E-state index in [0.717, 1.165) is 76.3 Å². The second kappa shape index (κ2) is 30.3. The van der Waals surface area contributed by atoms with E-state index >= 15 is 0 Å². The highest BCUT2D eigenvalue weighted by Crippen LogP contribution is 2.34. The number of rotatable bonds is 34. The van der Waals surface area contributed by atoms with Gasteiger partial charge in [-0.2, -0.15) is 29.9 Å². The highest BCUT2D eigenvalue weighted by molar-refractivity contribution is 7.86. The van der Waals surface area contributed by atoms with E-state index in [4.69, 9.17) is 19.4 Å². The Bertz CT molecular complexity index is 2790. The van der Waals surface area contributed by atoms with E-state index in [1.807, 2.05) is 0 Å². The number of nitrogens with zero attached hydrogens (tertiary/aromatic N) is 6. The van der Waals surface area contributed by atoms with Crippen molar-refractivity contribution in [2.75, 3.05) is 71.4 Å². The van der Waals surface area contributed by atoms with Crippen molar-refractivity contribution >= 4 is 79.5 Å². The van der Waals surface area contributed by atoms with Gasteiger partial charge in [-0.25, -0.2) is 16.8 Å². The molecule has 0 aliphatic carbocycles. The van der Waals surface area contributed by atoms with Crippen molar-refractivity contribution in [2.45, 2.75) is 217 Å². The summed E-state index contributed by atoms with van der Waals surface area (Å²) in [6, 6.07) is 8.18. The number of hydrogen-bond donors (Lipinski definition) is 8. The minimum absolute atomic E-state index is 0.00634. The van der Waals surface area contributed by atoms with Gasteiger partial charge in [0.25, 0.3) is 0 Å². The van der Waals surface area contributed by atoms with Gasteiger partial charge in [0.15, 0.2) is 0 Å². The van der Waals surface area contributed by atoms with Gasteiger partial charge in [-0.3, -0.25) is 0 Å². The molecule has 2 aliphatic heterocycles. The van der Waals surface area contributed by atoms with Gasteiger partial charge < -0.3 is 61.1 Å². The van der Waals surface area contributed by atoms with Crippen LogP contribution in [0.15, 0.2) is 46.2 Å². The molecule has 4 aromatic rings. The second-order valence-corrected chi connectivity index (χ2v) is 28.1. The van der Waals surface area contributed by atoms with Crippen LogP contribution in [0.25, 0.3) is 12.2 Å². The van der Waals surface area contributed by atoms with Crippen molar-refractivity contribution < 1.29 is 35.4 Å². The lowest BCUT2D eigenvalue weighted by Gasteiger charge is -2.46. The molecule has 2 atom stereocenters. The quantitative estimate of drug-likeness (QED) is 0.0122. The molecular weight excluding hydrogens is 1110 g/mol. The number of unbranched alkanes of at least 4 members (excludes halogenated alkanes) is 2. The fraction of sp³-hybridized carbons (Fsp3) is 0.667. The van der Waals surface area contributed by atoms with E-state index in [0.29, 0.717) is 76.1 Å². The van der Waals surface area contributed by atoms with Crippen LogP contribution in [0.1, 0.15) is 184 Å². The Balaban J connectivity index is 1.22. The molecule has 0 radical (unpaired) electrons. The van der Waals surface area contributed by atoms with Crippen molar-refractivity contribution in [2.24, 2.45) is 11.8 Å². The Hall–Kier alpha value is -5.34. The molecule has 2 aliphatic rings. The lowest BCUT2D eigenvalue weighted by Crippen LogP contribution is -2.60. The van der Waals surface area contributed by atoms with E-state index in [2.05, 4.69) is 146 Å². The standard InChI is InChI=1S/C60H98N14O8S2/c1-13-17-21-41(15-3)39-81-31-19-29-61-51-67-53(71-55(69-51)65-47-35-57(5,6)73-58(7,8)36-47)63-45-27-25-43(49(33-45)83(75,76)77)23-24-44-26-28-46(34-50(44)84(78,79)80)64-54-68-52(62-30-20-32-82-40-42(16-4)22-18-14-2)70-56(72-54)66-48-37-59(9,10)74-60(11,12)38-48/h23-28,33-34,41-42,47-48,73-74H,13-22,29-32,35-40H2,1-12H3,(H,75,76,77)(H,78,79,80)(H3,61,63,65,67,69,71)(H3,62,64,66,68,70,72)/p-2. The lowest BCUT2D eigenvalue weighted by atomic mass is 9.79. The van der Waals surface area contributed by atoms with Crippen LogP contribution in [-0.2, 0) is 29.7 Å². The zero-order chi connectivity index (χ0) is 61.4. The summed E-state index contributed by atoms with van der Waals surface area (Å²) < 4.78 is 89.7. The van der Waals surface area contributed by atoms with Crippen molar-refractivity contribution in [3.63, 3.8) is 0 Å². The van der Waals surface area contributed by atoms with E-state index in [1.54, 1.807) is 0 Å². The zero-order valence-corrected chi connectivity index (χ0v) is 53.5. The van der Waals surface area contributed by atoms with Gasteiger partial charge >= 0.3 is 0 Å². The SMILES string of the molecule is CCCCC(CC)COCCCNc1nc(Nc2ccc(C=Cc3ccc(Nc4nc(NCCCOCC(CC)CCCC)nc(NC5CC(C)(C)NC(C)(C)C5)n4)cc3S(=O)(=O)[O-])c(S(=O)(=O)[O-])c2)nc(NC2CC(C)(C)NC(C)(C)C2)n1. The summed E-state index contributed by atoms with van der Waals surface area (Å²) in [4.78, 5) is 26.8. The third-order valence-corrected chi connectivity index (χ3v) is 16.9. The molecule has 4 heterocycles. The van der Waals surface area contributed by atoms with Gasteiger partial charge in [0, 0.05) is 85.1 Å². The summed E-state index contributed by atoms with van der Waals surface area (Å²) >= 11 is 0. The normalized spacial score (nSPS) is 17.8. The van der Waals surface area contributed by atoms with E-state index in [-0.39, 0.29) is 80.5 Å². The van der Waals surface area contributed by atoms with Crippen LogP contribution in [0.3, 0.4) is 0 Å². The minimum Gasteiger partial charge on any atom is -0.744 e. The molecule has 468 valence electrons. The monoisotopic (exact) mass is 1200 g/mol. The molecule has 24 heteroatoms. The Morgan fingerprint density at radius 1 is 0.536 bits per heavy atom. The molecule has 0 amide bonds. The summed E-state index contributed by atoms with van der Waals surface area (Å²) in [5.74, 6) is 2.40. The summed E-state index contributed by atoms with van der Waals surface area (Å²) in [6.07, 6.45) is 16.2. The first-order chi connectivity index (χ1) is 39.5. The Labute approximate surface area is 500 Å². The number of anilines is 8. The molecule has 2 aromatic carbocycles. The Morgan fingerprint density at radius 3 is 1.21 bits per heavy atom.